The predicted octanol–water partition coefficient (Wildman–Crippen LogP) is 0.943. The van der Waals surface area contributed by atoms with Gasteiger partial charge in [-0.15, -0.1) is 0 Å². The van der Waals surface area contributed by atoms with E-state index in [1.165, 1.54) is 25.7 Å². The minimum absolute atomic E-state index is 0. The Balaban J connectivity index is -0.000000829. The summed E-state index contributed by atoms with van der Waals surface area (Å²) in [5, 5.41) is 53.4. The fraction of sp³-hybridized carbons (Fsp3) is 0.364. The molecule has 2 rings (SSSR count). The van der Waals surface area contributed by atoms with E-state index in [0.29, 0.717) is 18.3 Å². The molecule has 1 radical (unpaired) electrons. The Morgan fingerprint density at radius 2 is 1.64 bits per heavy atom. The molecule has 0 aliphatic carbocycles. The number of hydrogen-bond donors (Lipinski definition) is 1. The Bertz CT molecular complexity index is 1240. The van der Waals surface area contributed by atoms with Crippen molar-refractivity contribution in [3.8, 4) is 11.5 Å². The van der Waals surface area contributed by atoms with Gasteiger partial charge in [0.1, 0.15) is 10.1 Å². The summed E-state index contributed by atoms with van der Waals surface area (Å²) in [6, 6.07) is 3.57. The molecule has 2 N–H and O–H groups in total. The Kier molecular flexibility index (Phi) is 17.9. The molecular weight excluding hydrogens is 580 g/mol. The number of unbranched alkanes of at least 4 members (excludes halogenated alkanes) is 1. The van der Waals surface area contributed by atoms with Gasteiger partial charge in [-0.25, -0.2) is 8.42 Å². The van der Waals surface area contributed by atoms with Gasteiger partial charge in [0.05, 0.1) is 20.4 Å². The molecule has 0 heterocycles. The first kappa shape index (κ1) is 37.5. The standard InChI is InChI=1S/C13H9N3O9S.C8H19N.CH2O2.Cr/c17-11-2-1-8(15(19)20)3-7(11)6-14-10-4-9(16(21)22)5-12(13(10)18)26(23,24)25;1-3-5-6-8(4-2)7-9;2-1-3;/h1-6,17-18H,(H,23,24,25);8H,3-7,9H2,1-2H3;1H,(H,2,3);/q;;;+3/p-3. The number of carbonyl (C=O) groups excluding carboxylic acids is 1. The smallest absolute Gasteiger partial charge is 0.872 e. The molecule has 0 spiro atoms. The quantitative estimate of drug-likeness (QED) is 0.130. The number of benzene rings is 2. The SMILES string of the molecule is CCCCC(CC)CN.O=C[O-].O=[N+]([O-])c1ccc([O-])c(C=Nc2cc([N+](=O)[O-])cc(S(=O)(=O)[O-])c2[O-])c1.[Cr+3].[H+]. The van der Waals surface area contributed by atoms with E-state index in [1.807, 2.05) is 0 Å². The van der Waals surface area contributed by atoms with Gasteiger partial charge < -0.3 is 30.4 Å². The molecule has 1 atom stereocenters. The molecule has 0 saturated carbocycles. The first-order chi connectivity index (χ1) is 17.8. The number of rotatable bonds is 10. The van der Waals surface area contributed by atoms with Crippen LogP contribution in [0.5, 0.6) is 11.5 Å². The van der Waals surface area contributed by atoms with Crippen molar-refractivity contribution in [1.82, 2.24) is 0 Å². The van der Waals surface area contributed by atoms with E-state index >= 15 is 0 Å². The molecule has 0 saturated heterocycles. The van der Waals surface area contributed by atoms with Gasteiger partial charge in [0, 0.05) is 37.0 Å². The van der Waals surface area contributed by atoms with E-state index in [-0.39, 0.29) is 24.4 Å². The second kappa shape index (κ2) is 18.6. The summed E-state index contributed by atoms with van der Waals surface area (Å²) in [7, 11) is -5.31. The van der Waals surface area contributed by atoms with Crippen LogP contribution in [0.2, 0.25) is 0 Å². The van der Waals surface area contributed by atoms with Crippen LogP contribution >= 0.6 is 0 Å². The Hall–Kier alpha value is -3.62. The van der Waals surface area contributed by atoms with Gasteiger partial charge in [0.2, 0.25) is 0 Å². The summed E-state index contributed by atoms with van der Waals surface area (Å²) in [6.45, 7) is 4.81. The predicted molar refractivity (Wildman–Crippen MR) is 130 cm³/mol. The summed E-state index contributed by atoms with van der Waals surface area (Å²) in [5.74, 6) is -1.32. The van der Waals surface area contributed by atoms with Crippen molar-refractivity contribution in [1.29, 1.82) is 0 Å². The number of nitrogens with zero attached hydrogens (tertiary/aromatic N) is 3. The van der Waals surface area contributed by atoms with Crippen molar-refractivity contribution in [2.75, 3.05) is 6.54 Å². The van der Waals surface area contributed by atoms with Gasteiger partial charge in [-0.1, -0.05) is 50.7 Å². The average molecular weight is 608 g/mol. The number of nitro benzene ring substituents is 2. The Labute approximate surface area is 236 Å². The van der Waals surface area contributed by atoms with Crippen molar-refractivity contribution < 1.29 is 61.7 Å². The fourth-order valence-electron chi connectivity index (χ4n) is 2.83. The summed E-state index contributed by atoms with van der Waals surface area (Å²) in [5.41, 5.74) is 3.08. The molecule has 0 amide bonds. The molecule has 0 bridgehead atoms. The summed E-state index contributed by atoms with van der Waals surface area (Å²) >= 11 is 0. The Morgan fingerprint density at radius 3 is 2.08 bits per heavy atom. The first-order valence-electron chi connectivity index (χ1n) is 11.0. The van der Waals surface area contributed by atoms with E-state index in [9.17, 15) is 43.4 Å². The largest absolute Gasteiger partial charge is 3.00 e. The Morgan fingerprint density at radius 1 is 1.08 bits per heavy atom. The molecule has 15 nitrogen and oxygen atoms in total. The maximum Gasteiger partial charge on any atom is 3.00 e. The third kappa shape index (κ3) is 13.1. The van der Waals surface area contributed by atoms with Crippen molar-refractivity contribution in [2.45, 2.75) is 44.4 Å². The zero-order valence-electron chi connectivity index (χ0n) is 21.9. The zero-order valence-corrected chi connectivity index (χ0v) is 23.0. The molecule has 0 aliphatic rings. The molecule has 0 fully saturated rings. The topological polar surface area (TPSA) is 268 Å². The van der Waals surface area contributed by atoms with Crippen LogP contribution in [0.15, 0.2) is 40.2 Å². The van der Waals surface area contributed by atoms with Crippen LogP contribution in [-0.4, -0.2) is 42.0 Å². The molecule has 39 heavy (non-hydrogen) atoms. The number of hydrogen-bond acceptors (Lipinski definition) is 13. The van der Waals surface area contributed by atoms with Crippen molar-refractivity contribution >= 4 is 39.9 Å². The van der Waals surface area contributed by atoms with Crippen molar-refractivity contribution in [3.63, 3.8) is 0 Å². The number of aliphatic imine (C=N–C) groups is 1. The number of non-ortho nitro benzene ring substituents is 2. The second-order valence-electron chi connectivity index (χ2n) is 7.49. The van der Waals surface area contributed by atoms with Gasteiger partial charge in [-0.2, -0.15) is 0 Å². The van der Waals surface area contributed by atoms with Crippen molar-refractivity contribution in [3.05, 3.63) is 56.1 Å². The molecule has 2 aromatic rings. The van der Waals surface area contributed by atoms with Gasteiger partial charge in [0.25, 0.3) is 11.4 Å². The second-order valence-corrected chi connectivity index (χ2v) is 8.84. The minimum Gasteiger partial charge on any atom is -0.872 e. The van der Waals surface area contributed by atoms with E-state index in [1.54, 1.807) is 0 Å². The monoisotopic (exact) mass is 607 g/mol. The molecular formula is C22H27CrN4O11S. The van der Waals surface area contributed by atoms with E-state index < -0.39 is 59.9 Å². The van der Waals surface area contributed by atoms with Crippen molar-refractivity contribution in [2.24, 2.45) is 16.6 Å². The molecule has 2 aromatic carbocycles. The summed E-state index contributed by atoms with van der Waals surface area (Å²) in [6.07, 6.45) is 5.92. The van der Waals surface area contributed by atoms with Crippen LogP contribution < -0.4 is 21.1 Å². The van der Waals surface area contributed by atoms with Crippen LogP contribution in [-0.2, 0) is 32.3 Å². The molecule has 0 aliphatic heterocycles. The van der Waals surface area contributed by atoms with Crippen LogP contribution in [0.25, 0.3) is 0 Å². The van der Waals surface area contributed by atoms with Crippen LogP contribution in [0.4, 0.5) is 17.1 Å². The van der Waals surface area contributed by atoms with Crippen LogP contribution in [0.1, 0.15) is 46.5 Å². The van der Waals surface area contributed by atoms with Crippen LogP contribution in [0.3, 0.4) is 0 Å². The average Bonchev–Trinajstić information content (AvgIpc) is 2.84. The molecule has 1 unspecified atom stereocenters. The molecule has 17 heteroatoms. The van der Waals surface area contributed by atoms with E-state index in [2.05, 4.69) is 18.8 Å². The van der Waals surface area contributed by atoms with E-state index in [4.69, 9.17) is 15.6 Å². The number of nitro groups is 2. The maximum atomic E-state index is 12.0. The minimum atomic E-state index is -5.31. The number of carbonyl (C=O) groups is 1. The molecule has 0 aromatic heterocycles. The summed E-state index contributed by atoms with van der Waals surface area (Å²) in [4.78, 5) is 30.1. The maximum absolute atomic E-state index is 12.0. The van der Waals surface area contributed by atoms with Gasteiger partial charge in [0.15, 0.2) is 0 Å². The third-order valence-corrected chi connectivity index (χ3v) is 5.77. The van der Waals surface area contributed by atoms with Gasteiger partial charge >= 0.3 is 18.8 Å². The number of carboxylic acid groups (broad SMARTS) is 1. The van der Waals surface area contributed by atoms with Crippen LogP contribution in [0, 0.1) is 26.1 Å². The van der Waals surface area contributed by atoms with Gasteiger partial charge in [-0.3, -0.25) is 25.2 Å². The van der Waals surface area contributed by atoms with E-state index in [0.717, 1.165) is 30.7 Å². The van der Waals surface area contributed by atoms with Gasteiger partial charge in [-0.05, 0) is 24.4 Å². The first-order valence-corrected chi connectivity index (χ1v) is 12.4. The fourth-order valence-corrected chi connectivity index (χ4v) is 3.43. The number of nitrogens with two attached hydrogens (primary N) is 1. The third-order valence-electron chi connectivity index (χ3n) is 4.92. The molecule has 213 valence electrons. The normalized spacial score (nSPS) is 11.2. The summed E-state index contributed by atoms with van der Waals surface area (Å²) < 4.78 is 33.2. The zero-order chi connectivity index (χ0) is 29.5.